The number of carbonyl (C=O) groups excluding carboxylic acids is 2. The van der Waals surface area contributed by atoms with E-state index in [9.17, 15) is 22.8 Å². The Labute approximate surface area is 239 Å². The number of nitrogens with two attached hydrogens (primary N) is 1. The molecule has 11 nitrogen and oxygen atoms in total. The maximum Gasteiger partial charge on any atom is 0.433 e. The number of hydrogen-bond acceptors (Lipinski definition) is 8. The van der Waals surface area contributed by atoms with Crippen LogP contribution >= 0.6 is 27.3 Å². The van der Waals surface area contributed by atoms with Gasteiger partial charge >= 0.3 is 6.18 Å². The van der Waals surface area contributed by atoms with E-state index in [1.54, 1.807) is 23.1 Å². The minimum Gasteiger partial charge on any atom is -0.464 e. The predicted octanol–water partition coefficient (Wildman–Crippen LogP) is 5.61. The van der Waals surface area contributed by atoms with E-state index in [2.05, 4.69) is 41.4 Å². The van der Waals surface area contributed by atoms with Crippen molar-refractivity contribution in [2.24, 2.45) is 5.73 Å². The van der Waals surface area contributed by atoms with Crippen molar-refractivity contribution in [3.63, 3.8) is 0 Å². The smallest absolute Gasteiger partial charge is 0.433 e. The molecule has 2 amide bonds. The van der Waals surface area contributed by atoms with Crippen molar-refractivity contribution < 1.29 is 27.2 Å². The van der Waals surface area contributed by atoms with Crippen molar-refractivity contribution in [2.45, 2.75) is 19.6 Å². The summed E-state index contributed by atoms with van der Waals surface area (Å²) in [5.41, 5.74) is 5.62. The van der Waals surface area contributed by atoms with Crippen LogP contribution in [0.3, 0.4) is 0 Å². The fourth-order valence-electron chi connectivity index (χ4n) is 4.26. The molecule has 0 atom stereocenters. The molecule has 6 rings (SSSR count). The molecule has 0 aliphatic rings. The molecule has 6 aromatic heterocycles. The van der Waals surface area contributed by atoms with Gasteiger partial charge in [0.1, 0.15) is 26.9 Å². The van der Waals surface area contributed by atoms with Crippen LogP contribution in [0.25, 0.3) is 38.6 Å². The minimum absolute atomic E-state index is 0.0262. The summed E-state index contributed by atoms with van der Waals surface area (Å²) < 4.78 is 50.2. The highest BCUT2D eigenvalue weighted by Gasteiger charge is 2.35. The molecule has 0 fully saturated rings. The summed E-state index contributed by atoms with van der Waals surface area (Å²) in [7, 11) is 0. The third-order valence-corrected chi connectivity index (χ3v) is 7.75. The average Bonchev–Trinajstić information content (AvgIpc) is 3.72. The van der Waals surface area contributed by atoms with Crippen molar-refractivity contribution in [2.75, 3.05) is 5.32 Å². The zero-order valence-corrected chi connectivity index (χ0v) is 23.1. The molecule has 0 radical (unpaired) electrons. The summed E-state index contributed by atoms with van der Waals surface area (Å²) in [5, 5.41) is 11.6. The lowest BCUT2D eigenvalue weighted by molar-refractivity contribution is -0.140. The number of aromatic nitrogens is 6. The number of carbonyl (C=O) groups is 2. The molecular weight excluding hydrogens is 629 g/mol. The Bertz CT molecular complexity index is 1980. The van der Waals surface area contributed by atoms with Gasteiger partial charge in [0.2, 0.25) is 0 Å². The number of thiophene rings is 1. The van der Waals surface area contributed by atoms with E-state index in [-0.39, 0.29) is 37.8 Å². The van der Waals surface area contributed by atoms with Gasteiger partial charge in [0.25, 0.3) is 11.8 Å². The third kappa shape index (κ3) is 4.63. The van der Waals surface area contributed by atoms with Crippen molar-refractivity contribution in [1.82, 2.24) is 29.4 Å². The van der Waals surface area contributed by atoms with Gasteiger partial charge in [0, 0.05) is 36.0 Å². The van der Waals surface area contributed by atoms with E-state index in [0.717, 1.165) is 6.07 Å². The van der Waals surface area contributed by atoms with Gasteiger partial charge in [0.15, 0.2) is 11.3 Å². The second kappa shape index (κ2) is 9.81. The van der Waals surface area contributed by atoms with Crippen molar-refractivity contribution in [3.05, 3.63) is 69.7 Å². The van der Waals surface area contributed by atoms with E-state index in [1.807, 2.05) is 6.92 Å². The number of primary amides is 1. The second-order valence-corrected chi connectivity index (χ2v) is 10.5. The van der Waals surface area contributed by atoms with Crippen molar-refractivity contribution >= 4 is 60.6 Å². The zero-order chi connectivity index (χ0) is 29.1. The largest absolute Gasteiger partial charge is 0.464 e. The fraction of sp³-hybridized carbons (Fsp3) is 0.120. The van der Waals surface area contributed by atoms with E-state index in [4.69, 9.17) is 10.2 Å². The first-order valence-electron chi connectivity index (χ1n) is 11.8. The van der Waals surface area contributed by atoms with Crippen LogP contribution in [0.1, 0.15) is 32.8 Å². The molecule has 0 unspecified atom stereocenters. The third-order valence-electron chi connectivity index (χ3n) is 6.08. The highest BCUT2D eigenvalue weighted by Crippen LogP contribution is 2.44. The molecule has 0 spiro atoms. The average molecular weight is 645 g/mol. The van der Waals surface area contributed by atoms with Crippen LogP contribution in [0.4, 0.5) is 18.9 Å². The number of alkyl halides is 3. The maximum atomic E-state index is 13.7. The molecule has 208 valence electrons. The van der Waals surface area contributed by atoms with Crippen LogP contribution in [-0.4, -0.2) is 41.2 Å². The summed E-state index contributed by atoms with van der Waals surface area (Å²) in [6.07, 6.45) is -0.139. The van der Waals surface area contributed by atoms with Gasteiger partial charge in [-0.1, -0.05) is 0 Å². The lowest BCUT2D eigenvalue weighted by Gasteiger charge is -2.10. The lowest BCUT2D eigenvalue weighted by atomic mass is 10.1. The number of rotatable bonds is 6. The number of furan rings is 1. The molecule has 16 heteroatoms. The predicted molar refractivity (Wildman–Crippen MR) is 146 cm³/mol. The summed E-state index contributed by atoms with van der Waals surface area (Å²) >= 11 is 4.12. The van der Waals surface area contributed by atoms with Crippen LogP contribution in [-0.2, 0) is 12.7 Å². The Morgan fingerprint density at radius 1 is 1.22 bits per heavy atom. The number of nitrogens with one attached hydrogen (secondary N) is 1. The number of amides is 2. The molecule has 3 N–H and O–H groups in total. The van der Waals surface area contributed by atoms with Gasteiger partial charge in [-0.3, -0.25) is 14.3 Å². The highest BCUT2D eigenvalue weighted by molar-refractivity contribution is 9.10. The van der Waals surface area contributed by atoms with E-state index >= 15 is 0 Å². The molecule has 0 saturated carbocycles. The Hall–Kier alpha value is -4.57. The first-order valence-corrected chi connectivity index (χ1v) is 13.4. The van der Waals surface area contributed by atoms with E-state index < -0.39 is 23.7 Å². The molecular formula is C25H16BrF3N8O3S. The number of aryl methyl sites for hydroxylation is 1. The van der Waals surface area contributed by atoms with E-state index in [1.165, 1.54) is 29.0 Å². The summed E-state index contributed by atoms with van der Waals surface area (Å²) in [6.45, 7) is 2.57. The molecule has 0 aliphatic carbocycles. The summed E-state index contributed by atoms with van der Waals surface area (Å²) in [4.78, 5) is 33.5. The fourth-order valence-corrected chi connectivity index (χ4v) is 5.78. The lowest BCUT2D eigenvalue weighted by Crippen LogP contribution is -2.17. The number of nitrogens with zero attached hydrogens (tertiary/aromatic N) is 6. The van der Waals surface area contributed by atoms with Crippen molar-refractivity contribution in [3.8, 4) is 22.7 Å². The normalized spacial score (nSPS) is 11.9. The van der Waals surface area contributed by atoms with Gasteiger partial charge in [-0.05, 0) is 47.1 Å². The molecule has 0 aromatic carbocycles. The van der Waals surface area contributed by atoms with Crippen molar-refractivity contribution in [1.29, 1.82) is 0 Å². The maximum absolute atomic E-state index is 13.7. The Morgan fingerprint density at radius 3 is 2.68 bits per heavy atom. The monoisotopic (exact) mass is 644 g/mol. The van der Waals surface area contributed by atoms with Gasteiger partial charge < -0.3 is 15.5 Å². The molecule has 0 aliphatic heterocycles. The first-order chi connectivity index (χ1) is 19.5. The van der Waals surface area contributed by atoms with E-state index in [0.29, 0.717) is 39.4 Å². The van der Waals surface area contributed by atoms with Crippen LogP contribution < -0.4 is 11.1 Å². The second-order valence-electron chi connectivity index (χ2n) is 8.65. The highest BCUT2D eigenvalue weighted by atomic mass is 79.9. The summed E-state index contributed by atoms with van der Waals surface area (Å²) in [5.74, 6) is -1.64. The summed E-state index contributed by atoms with van der Waals surface area (Å²) in [6, 6.07) is 6.86. The number of halogens is 4. The molecule has 41 heavy (non-hydrogen) atoms. The van der Waals surface area contributed by atoms with Gasteiger partial charge in [-0.25, -0.2) is 14.5 Å². The Kier molecular flexibility index (Phi) is 6.37. The van der Waals surface area contributed by atoms with Gasteiger partial charge in [0.05, 0.1) is 22.1 Å². The van der Waals surface area contributed by atoms with Crippen LogP contribution in [0.15, 0.2) is 57.9 Å². The standard InChI is InChI=1S/C25H16BrF3N8O3S/c1-2-36-10-12(26)19(35-36)14-5-6-31-17-9-13(34-37(14)17)23(39)33-20-18-11(15-4-3-7-40-15)8-16(25(27,28)29)32-24(18)41-21(20)22(30)38/h3-10H,2H2,1H3,(H2,30,38)(H,33,39). The topological polar surface area (TPSA) is 146 Å². The number of fused-ring (bicyclic) bond motifs is 2. The van der Waals surface area contributed by atoms with Gasteiger partial charge in [-0.2, -0.15) is 23.4 Å². The van der Waals surface area contributed by atoms with Crippen LogP contribution in [0.5, 0.6) is 0 Å². The number of hydrogen-bond donors (Lipinski definition) is 2. The minimum atomic E-state index is -4.78. The molecule has 0 saturated heterocycles. The molecule has 6 aromatic rings. The number of anilines is 1. The SMILES string of the molecule is CCn1cc(Br)c(-c2ccnc3cc(C(=O)Nc4c(C(N)=O)sc5nc(C(F)(F)F)cc(-c6ccco6)c45)nn23)n1. The zero-order valence-electron chi connectivity index (χ0n) is 20.7. The quantitative estimate of drug-likeness (QED) is 0.239. The van der Waals surface area contributed by atoms with Gasteiger partial charge in [-0.15, -0.1) is 11.3 Å². The van der Waals surface area contributed by atoms with Crippen LogP contribution in [0.2, 0.25) is 0 Å². The Balaban J connectivity index is 1.48. The Morgan fingerprint density at radius 2 is 2.02 bits per heavy atom. The van der Waals surface area contributed by atoms with Crippen LogP contribution in [0, 0.1) is 0 Å². The molecule has 0 bridgehead atoms. The number of pyridine rings is 1. The molecule has 6 heterocycles. The first kappa shape index (κ1) is 26.6.